The number of methoxy groups -OCH3 is 2. The fraction of sp³-hybridized carbons (Fsp3) is 0.600. The largest absolute Gasteiger partial charge is 0.504 e. The average Bonchev–Trinajstić information content (AvgIpc) is 2.43. The van der Waals surface area contributed by atoms with E-state index in [0.717, 1.165) is 25.7 Å². The van der Waals surface area contributed by atoms with E-state index in [1.165, 1.54) is 6.07 Å². The maximum Gasteiger partial charge on any atom is 0.197 e. The highest BCUT2D eigenvalue weighted by Gasteiger charge is 2.35. The van der Waals surface area contributed by atoms with Crippen molar-refractivity contribution >= 4 is 0 Å². The van der Waals surface area contributed by atoms with Crippen molar-refractivity contribution in [2.45, 2.75) is 44.8 Å². The molecule has 0 aliphatic carbocycles. The second-order valence-electron chi connectivity index (χ2n) is 4.65. The Labute approximate surface area is 115 Å². The lowest BCUT2D eigenvalue weighted by atomic mass is 9.97. The molecule has 2 N–H and O–H groups in total. The van der Waals surface area contributed by atoms with E-state index in [0.29, 0.717) is 12.0 Å². The zero-order chi connectivity index (χ0) is 14.3. The summed E-state index contributed by atoms with van der Waals surface area (Å²) in [6.45, 7) is 2.15. The SMILES string of the molecule is CCCCCCC(OC)(OC)c1cccc(O)c1O. The number of phenols is 2. The molecule has 0 atom stereocenters. The van der Waals surface area contributed by atoms with Crippen molar-refractivity contribution in [3.8, 4) is 11.5 Å². The number of ether oxygens (including phenoxy) is 2. The maximum atomic E-state index is 9.99. The van der Waals surface area contributed by atoms with Crippen molar-refractivity contribution in [2.75, 3.05) is 14.2 Å². The third kappa shape index (κ3) is 3.61. The number of para-hydroxylation sites is 1. The lowest BCUT2D eigenvalue weighted by Crippen LogP contribution is -2.31. The second-order valence-corrected chi connectivity index (χ2v) is 4.65. The van der Waals surface area contributed by atoms with Crippen molar-refractivity contribution in [3.63, 3.8) is 0 Å². The summed E-state index contributed by atoms with van der Waals surface area (Å²) in [5.41, 5.74) is 0.467. The molecule has 0 aliphatic rings. The third-order valence-electron chi connectivity index (χ3n) is 3.44. The molecule has 4 nitrogen and oxygen atoms in total. The summed E-state index contributed by atoms with van der Waals surface area (Å²) in [5.74, 6) is -1.34. The monoisotopic (exact) mass is 268 g/mol. The van der Waals surface area contributed by atoms with Gasteiger partial charge in [0.05, 0.1) is 5.56 Å². The van der Waals surface area contributed by atoms with Crippen LogP contribution < -0.4 is 0 Å². The number of unbranched alkanes of at least 4 members (excludes halogenated alkanes) is 3. The van der Waals surface area contributed by atoms with Crippen molar-refractivity contribution in [1.82, 2.24) is 0 Å². The summed E-state index contributed by atoms with van der Waals surface area (Å²) in [5, 5.41) is 19.6. The fourth-order valence-corrected chi connectivity index (χ4v) is 2.27. The number of hydrogen-bond acceptors (Lipinski definition) is 4. The van der Waals surface area contributed by atoms with Crippen molar-refractivity contribution in [3.05, 3.63) is 23.8 Å². The predicted molar refractivity (Wildman–Crippen MR) is 74.2 cm³/mol. The first-order valence-electron chi connectivity index (χ1n) is 6.73. The van der Waals surface area contributed by atoms with Crippen LogP contribution in [0.1, 0.15) is 44.6 Å². The van der Waals surface area contributed by atoms with E-state index in [4.69, 9.17) is 9.47 Å². The minimum atomic E-state index is -1.00. The van der Waals surface area contributed by atoms with E-state index < -0.39 is 5.79 Å². The third-order valence-corrected chi connectivity index (χ3v) is 3.44. The maximum absolute atomic E-state index is 9.99. The molecule has 0 aromatic heterocycles. The molecule has 108 valence electrons. The summed E-state index contributed by atoms with van der Waals surface area (Å²) < 4.78 is 11.0. The zero-order valence-corrected chi connectivity index (χ0v) is 12.0. The topological polar surface area (TPSA) is 58.9 Å². The minimum Gasteiger partial charge on any atom is -0.504 e. The predicted octanol–water partition coefficient (Wildman–Crippen LogP) is 3.51. The van der Waals surface area contributed by atoms with Crippen molar-refractivity contribution in [2.24, 2.45) is 0 Å². The molecule has 0 radical (unpaired) electrons. The lowest BCUT2D eigenvalue weighted by molar-refractivity contribution is -0.221. The van der Waals surface area contributed by atoms with Crippen LogP contribution in [0, 0.1) is 0 Å². The highest BCUT2D eigenvalue weighted by atomic mass is 16.7. The van der Waals surface area contributed by atoms with Gasteiger partial charge >= 0.3 is 0 Å². The standard InChI is InChI=1S/C15H24O4/c1-4-5-6-7-11-15(18-2,19-3)12-9-8-10-13(16)14(12)17/h8-10,16-17H,4-7,11H2,1-3H3. The molecule has 0 heterocycles. The van der Waals surface area contributed by atoms with E-state index >= 15 is 0 Å². The number of aromatic hydroxyl groups is 2. The molecule has 1 rings (SSSR count). The Hall–Kier alpha value is -1.26. The lowest BCUT2D eigenvalue weighted by Gasteiger charge is -2.32. The van der Waals surface area contributed by atoms with Gasteiger partial charge in [-0.25, -0.2) is 0 Å². The molecule has 1 aromatic carbocycles. The van der Waals surface area contributed by atoms with Gasteiger partial charge in [-0.2, -0.15) is 0 Å². The van der Waals surface area contributed by atoms with E-state index in [1.807, 2.05) is 0 Å². The van der Waals surface area contributed by atoms with Crippen LogP contribution in [-0.4, -0.2) is 24.4 Å². The molecule has 0 saturated heterocycles. The van der Waals surface area contributed by atoms with Crippen LogP contribution in [0.25, 0.3) is 0 Å². The van der Waals surface area contributed by atoms with Gasteiger partial charge in [0.2, 0.25) is 0 Å². The summed E-state index contributed by atoms with van der Waals surface area (Å²) in [7, 11) is 3.10. The van der Waals surface area contributed by atoms with Crippen LogP contribution in [0.3, 0.4) is 0 Å². The second kappa shape index (κ2) is 7.36. The van der Waals surface area contributed by atoms with E-state index in [-0.39, 0.29) is 11.5 Å². The molecule has 0 saturated carbocycles. The van der Waals surface area contributed by atoms with Crippen LogP contribution in [-0.2, 0) is 15.3 Å². The number of rotatable bonds is 8. The van der Waals surface area contributed by atoms with Gasteiger partial charge in [0.1, 0.15) is 0 Å². The van der Waals surface area contributed by atoms with Gasteiger partial charge in [-0.1, -0.05) is 32.3 Å². The summed E-state index contributed by atoms with van der Waals surface area (Å²) in [6.07, 6.45) is 4.98. The fourth-order valence-electron chi connectivity index (χ4n) is 2.27. The Morgan fingerprint density at radius 2 is 1.74 bits per heavy atom. The Morgan fingerprint density at radius 3 is 2.32 bits per heavy atom. The summed E-state index contributed by atoms with van der Waals surface area (Å²) in [4.78, 5) is 0. The van der Waals surface area contributed by atoms with Gasteiger partial charge < -0.3 is 19.7 Å². The van der Waals surface area contributed by atoms with Gasteiger partial charge in [-0.15, -0.1) is 0 Å². The molecule has 19 heavy (non-hydrogen) atoms. The van der Waals surface area contributed by atoms with Crippen molar-refractivity contribution in [1.29, 1.82) is 0 Å². The summed E-state index contributed by atoms with van der Waals surface area (Å²) >= 11 is 0. The number of phenolic OH excluding ortho intramolecular Hbond substituents is 2. The van der Waals surface area contributed by atoms with Crippen LogP contribution in [0.4, 0.5) is 0 Å². The molecule has 4 heteroatoms. The van der Waals surface area contributed by atoms with E-state index in [1.54, 1.807) is 26.4 Å². The van der Waals surface area contributed by atoms with E-state index in [9.17, 15) is 10.2 Å². The Bertz CT molecular complexity index is 386. The first kappa shape index (κ1) is 15.8. The van der Waals surface area contributed by atoms with Gasteiger partial charge in [0.15, 0.2) is 17.3 Å². The smallest absolute Gasteiger partial charge is 0.197 e. The number of benzene rings is 1. The van der Waals surface area contributed by atoms with Crippen LogP contribution in [0.2, 0.25) is 0 Å². The van der Waals surface area contributed by atoms with E-state index in [2.05, 4.69) is 6.92 Å². The molecule has 0 unspecified atom stereocenters. The summed E-state index contributed by atoms with van der Waals surface area (Å²) in [6, 6.07) is 4.82. The van der Waals surface area contributed by atoms with Gasteiger partial charge in [-0.3, -0.25) is 0 Å². The molecular weight excluding hydrogens is 244 g/mol. The van der Waals surface area contributed by atoms with Crippen LogP contribution in [0.5, 0.6) is 11.5 Å². The first-order valence-corrected chi connectivity index (χ1v) is 6.73. The molecule has 0 aliphatic heterocycles. The van der Waals surface area contributed by atoms with Crippen LogP contribution >= 0.6 is 0 Å². The van der Waals surface area contributed by atoms with Gasteiger partial charge in [0.25, 0.3) is 0 Å². The van der Waals surface area contributed by atoms with Gasteiger partial charge in [0, 0.05) is 20.6 Å². The first-order chi connectivity index (χ1) is 9.11. The Balaban J connectivity index is 2.94. The Morgan fingerprint density at radius 1 is 1.05 bits per heavy atom. The zero-order valence-electron chi connectivity index (χ0n) is 12.0. The molecule has 0 bridgehead atoms. The van der Waals surface area contributed by atoms with Crippen molar-refractivity contribution < 1.29 is 19.7 Å². The quantitative estimate of drug-likeness (QED) is 0.430. The highest BCUT2D eigenvalue weighted by Crippen LogP contribution is 2.41. The molecule has 0 fully saturated rings. The Kier molecular flexibility index (Phi) is 6.12. The average molecular weight is 268 g/mol. The minimum absolute atomic E-state index is 0.162. The molecule has 0 amide bonds. The molecule has 1 aromatic rings. The number of hydrogen-bond donors (Lipinski definition) is 2. The normalized spacial score (nSPS) is 11.7. The van der Waals surface area contributed by atoms with Crippen LogP contribution in [0.15, 0.2) is 18.2 Å². The molecule has 0 spiro atoms. The highest BCUT2D eigenvalue weighted by molar-refractivity contribution is 5.46. The molecular formula is C15H24O4. The van der Waals surface area contributed by atoms with Gasteiger partial charge in [-0.05, 0) is 18.6 Å².